The maximum Gasteiger partial charge on any atom is 0.0969 e. The SMILES string of the molecule is C[C@H]1C/C=C(/c2ccc3cn[nH]c3c2)CC/C=C2/C=C3CCC(N(C)C)C[C@]34CC[C@@]21O4. The maximum absolute atomic E-state index is 7.25. The molecule has 2 spiro atoms. The molecule has 1 saturated carbocycles. The van der Waals surface area contributed by atoms with E-state index in [0.717, 1.165) is 37.6 Å². The highest BCUT2D eigenvalue weighted by Gasteiger charge is 2.58. The summed E-state index contributed by atoms with van der Waals surface area (Å²) in [6, 6.07) is 7.32. The number of nitrogens with zero attached hydrogens (tertiary/aromatic N) is 2. The summed E-state index contributed by atoms with van der Waals surface area (Å²) in [7, 11) is 4.45. The van der Waals surface area contributed by atoms with Gasteiger partial charge in [0.15, 0.2) is 0 Å². The van der Waals surface area contributed by atoms with Crippen LogP contribution in [0.2, 0.25) is 0 Å². The van der Waals surface area contributed by atoms with Crippen LogP contribution in [0.3, 0.4) is 0 Å². The van der Waals surface area contributed by atoms with Crippen LogP contribution in [0.1, 0.15) is 63.9 Å². The van der Waals surface area contributed by atoms with E-state index in [1.807, 2.05) is 6.20 Å². The molecule has 0 amide bonds. The van der Waals surface area contributed by atoms with Crippen LogP contribution in [0, 0.1) is 5.92 Å². The molecule has 2 fully saturated rings. The average Bonchev–Trinajstić information content (AvgIpc) is 3.39. The molecule has 4 atom stereocenters. The molecule has 2 aromatic rings. The molecule has 32 heavy (non-hydrogen) atoms. The van der Waals surface area contributed by atoms with Gasteiger partial charge in [-0.25, -0.2) is 0 Å². The second-order valence-corrected chi connectivity index (χ2v) is 10.8. The minimum absolute atomic E-state index is 0.0228. The third kappa shape index (κ3) is 3.07. The number of hydrogen-bond acceptors (Lipinski definition) is 3. The normalized spacial score (nSPS) is 37.9. The smallest absolute Gasteiger partial charge is 0.0969 e. The lowest BCUT2D eigenvalue weighted by molar-refractivity contribution is -0.113. The number of H-pyrrole nitrogens is 1. The largest absolute Gasteiger partial charge is 0.359 e. The zero-order valence-electron chi connectivity index (χ0n) is 19.7. The molecule has 1 aromatic heterocycles. The summed E-state index contributed by atoms with van der Waals surface area (Å²) in [5, 5.41) is 8.49. The number of hydrogen-bond donors (Lipinski definition) is 1. The molecule has 4 heteroatoms. The van der Waals surface area contributed by atoms with Crippen molar-refractivity contribution in [2.24, 2.45) is 5.92 Å². The van der Waals surface area contributed by atoms with E-state index in [0.29, 0.717) is 12.0 Å². The van der Waals surface area contributed by atoms with Gasteiger partial charge in [0.05, 0.1) is 22.9 Å². The molecule has 3 heterocycles. The molecule has 2 aliphatic heterocycles. The van der Waals surface area contributed by atoms with E-state index in [9.17, 15) is 0 Å². The van der Waals surface area contributed by atoms with Crippen LogP contribution in [0.4, 0.5) is 0 Å². The van der Waals surface area contributed by atoms with Gasteiger partial charge in [-0.3, -0.25) is 5.10 Å². The Morgan fingerprint density at radius 1 is 1.16 bits per heavy atom. The minimum Gasteiger partial charge on any atom is -0.359 e. The number of benzene rings is 1. The highest BCUT2D eigenvalue weighted by Crippen LogP contribution is 2.59. The number of allylic oxidation sites excluding steroid dienone is 3. The number of nitrogens with one attached hydrogen (secondary N) is 1. The predicted molar refractivity (Wildman–Crippen MR) is 130 cm³/mol. The fourth-order valence-electron chi connectivity index (χ4n) is 6.79. The van der Waals surface area contributed by atoms with E-state index >= 15 is 0 Å². The number of fused-ring (bicyclic) bond motifs is 1. The summed E-state index contributed by atoms with van der Waals surface area (Å²) < 4.78 is 7.25. The van der Waals surface area contributed by atoms with Gasteiger partial charge in [0, 0.05) is 11.4 Å². The number of aromatic amines is 1. The number of aromatic nitrogens is 2. The van der Waals surface area contributed by atoms with Crippen molar-refractivity contribution in [2.45, 2.75) is 75.5 Å². The first-order valence-corrected chi connectivity index (χ1v) is 12.4. The Balaban J connectivity index is 1.34. The molecule has 2 bridgehead atoms. The van der Waals surface area contributed by atoms with Crippen LogP contribution in [-0.2, 0) is 4.74 Å². The summed E-state index contributed by atoms with van der Waals surface area (Å²) in [6.07, 6.45) is 18.6. The molecule has 1 saturated heterocycles. The molecule has 6 rings (SSSR count). The topological polar surface area (TPSA) is 41.2 Å². The second-order valence-electron chi connectivity index (χ2n) is 10.8. The molecule has 168 valence electrons. The van der Waals surface area contributed by atoms with Crippen molar-refractivity contribution in [3.63, 3.8) is 0 Å². The summed E-state index contributed by atoms with van der Waals surface area (Å²) in [5.41, 5.74) is 6.79. The van der Waals surface area contributed by atoms with Crippen LogP contribution in [0.5, 0.6) is 0 Å². The van der Waals surface area contributed by atoms with Crippen molar-refractivity contribution >= 4 is 16.5 Å². The van der Waals surface area contributed by atoms with E-state index in [-0.39, 0.29) is 11.2 Å². The van der Waals surface area contributed by atoms with E-state index < -0.39 is 0 Å². The van der Waals surface area contributed by atoms with E-state index in [1.165, 1.54) is 41.4 Å². The Morgan fingerprint density at radius 3 is 2.94 bits per heavy atom. The molecule has 4 aliphatic rings. The van der Waals surface area contributed by atoms with Crippen molar-refractivity contribution in [3.8, 4) is 0 Å². The van der Waals surface area contributed by atoms with E-state index in [1.54, 1.807) is 5.57 Å². The van der Waals surface area contributed by atoms with Crippen LogP contribution >= 0.6 is 0 Å². The first kappa shape index (κ1) is 20.4. The number of ether oxygens (including phenoxy) is 1. The van der Waals surface area contributed by atoms with Gasteiger partial charge in [0.25, 0.3) is 0 Å². The first-order valence-electron chi connectivity index (χ1n) is 12.4. The van der Waals surface area contributed by atoms with Gasteiger partial charge in [-0.1, -0.05) is 37.3 Å². The van der Waals surface area contributed by atoms with E-state index in [4.69, 9.17) is 4.74 Å². The predicted octanol–water partition coefficient (Wildman–Crippen LogP) is 6.03. The van der Waals surface area contributed by atoms with Gasteiger partial charge in [-0.05, 0) is 99.7 Å². The van der Waals surface area contributed by atoms with Crippen molar-refractivity contribution in [1.82, 2.24) is 15.1 Å². The second kappa shape index (κ2) is 7.43. The molecular weight excluding hydrogens is 394 g/mol. The molecule has 4 nitrogen and oxygen atoms in total. The maximum atomic E-state index is 7.25. The van der Waals surface area contributed by atoms with Crippen molar-refractivity contribution in [1.29, 1.82) is 0 Å². The molecule has 1 aromatic carbocycles. The highest BCUT2D eigenvalue weighted by atomic mass is 16.5. The fraction of sp³-hybridized carbons (Fsp3) is 0.536. The summed E-state index contributed by atoms with van der Waals surface area (Å²) in [6.45, 7) is 2.41. The minimum atomic E-state index is -0.114. The fourth-order valence-corrected chi connectivity index (χ4v) is 6.79. The summed E-state index contributed by atoms with van der Waals surface area (Å²) in [5.74, 6) is 0.467. The van der Waals surface area contributed by atoms with Gasteiger partial charge in [-0.2, -0.15) is 5.10 Å². The Morgan fingerprint density at radius 2 is 2.06 bits per heavy atom. The Hall–Kier alpha value is -2.17. The standard InChI is InChI=1S/C28H35N3O/c1-19-7-8-20(21-9-10-22-18-29-30-26(22)15-21)5-4-6-24-16-23-11-12-25(31(2)3)17-27(23)13-14-28(19,24)32-27/h6,8-10,15-16,18-19,25H,4-5,7,11-14,17H2,1-3H3,(H,29,30)/b20-8+,24-6-/t19-,25?,27+,28-/m0/s1. The molecule has 1 N–H and O–H groups in total. The lowest BCUT2D eigenvalue weighted by Gasteiger charge is -2.49. The average molecular weight is 430 g/mol. The lowest BCUT2D eigenvalue weighted by Crippen LogP contribution is -2.50. The molecule has 2 aliphatic carbocycles. The molecule has 0 radical (unpaired) electrons. The van der Waals surface area contributed by atoms with Crippen molar-refractivity contribution in [3.05, 3.63) is 59.3 Å². The van der Waals surface area contributed by atoms with Crippen LogP contribution in [-0.4, -0.2) is 46.4 Å². The molecule has 1 unspecified atom stereocenters. The molecular formula is C28H35N3O. The summed E-state index contributed by atoms with van der Waals surface area (Å²) in [4.78, 5) is 2.41. The third-order valence-electron chi connectivity index (χ3n) is 8.83. The lowest BCUT2D eigenvalue weighted by atomic mass is 9.74. The number of rotatable bonds is 2. The Bertz CT molecular complexity index is 1140. The quantitative estimate of drug-likeness (QED) is 0.633. The Kier molecular flexibility index (Phi) is 4.74. The monoisotopic (exact) mass is 429 g/mol. The van der Waals surface area contributed by atoms with Crippen LogP contribution < -0.4 is 0 Å². The van der Waals surface area contributed by atoms with Crippen LogP contribution in [0.25, 0.3) is 16.5 Å². The Labute approximate surface area is 191 Å². The van der Waals surface area contributed by atoms with Gasteiger partial charge >= 0.3 is 0 Å². The van der Waals surface area contributed by atoms with Gasteiger partial charge in [0.2, 0.25) is 0 Å². The van der Waals surface area contributed by atoms with Crippen LogP contribution in [0.15, 0.2) is 53.8 Å². The van der Waals surface area contributed by atoms with E-state index in [2.05, 4.69) is 72.5 Å². The highest BCUT2D eigenvalue weighted by molar-refractivity contribution is 5.82. The summed E-state index contributed by atoms with van der Waals surface area (Å²) >= 11 is 0. The van der Waals surface area contributed by atoms with Gasteiger partial charge < -0.3 is 9.64 Å². The first-order chi connectivity index (χ1) is 15.5. The van der Waals surface area contributed by atoms with Gasteiger partial charge in [-0.15, -0.1) is 0 Å². The third-order valence-corrected chi connectivity index (χ3v) is 8.83. The van der Waals surface area contributed by atoms with Crippen molar-refractivity contribution in [2.75, 3.05) is 14.1 Å². The zero-order chi connectivity index (χ0) is 21.9. The zero-order valence-corrected chi connectivity index (χ0v) is 19.7. The van der Waals surface area contributed by atoms with Crippen molar-refractivity contribution < 1.29 is 4.74 Å². The van der Waals surface area contributed by atoms with Gasteiger partial charge in [0.1, 0.15) is 0 Å².